The van der Waals surface area contributed by atoms with Crippen molar-refractivity contribution >= 4 is 0 Å². The van der Waals surface area contributed by atoms with Gasteiger partial charge in [-0.05, 0) is 57.8 Å². The summed E-state index contributed by atoms with van der Waals surface area (Å²) < 4.78 is 16.7. The van der Waals surface area contributed by atoms with Crippen molar-refractivity contribution in [3.8, 4) is 11.5 Å². The molecule has 5 nitrogen and oxygen atoms in total. The summed E-state index contributed by atoms with van der Waals surface area (Å²) in [6, 6.07) is 10.2. The third kappa shape index (κ3) is 5.01. The molecule has 0 saturated heterocycles. The van der Waals surface area contributed by atoms with Crippen LogP contribution in [0.1, 0.15) is 31.2 Å². The van der Waals surface area contributed by atoms with Crippen molar-refractivity contribution in [2.24, 2.45) is 0 Å². The molecule has 0 aliphatic carbocycles. The average molecular weight is 332 g/mol. The monoisotopic (exact) mass is 332 g/mol. The SMILES string of the molecule is COc1cc(CNCC(c2ccco2)N(C)C)ccc1OC(C)C. The second kappa shape index (κ2) is 8.76. The third-order valence-electron chi connectivity index (χ3n) is 3.75. The third-order valence-corrected chi connectivity index (χ3v) is 3.75. The van der Waals surface area contributed by atoms with Crippen molar-refractivity contribution in [3.05, 3.63) is 47.9 Å². The molecule has 1 N–H and O–H groups in total. The number of furan rings is 1. The number of hydrogen-bond donors (Lipinski definition) is 1. The van der Waals surface area contributed by atoms with E-state index in [0.29, 0.717) is 0 Å². The molecular formula is C19H28N2O3. The average Bonchev–Trinajstić information content (AvgIpc) is 3.05. The van der Waals surface area contributed by atoms with E-state index in [-0.39, 0.29) is 12.1 Å². The lowest BCUT2D eigenvalue weighted by atomic mass is 10.1. The Bertz CT molecular complexity index is 609. The second-order valence-electron chi connectivity index (χ2n) is 6.28. The topological polar surface area (TPSA) is 46.9 Å². The van der Waals surface area contributed by atoms with E-state index in [1.165, 1.54) is 0 Å². The Labute approximate surface area is 144 Å². The van der Waals surface area contributed by atoms with E-state index < -0.39 is 0 Å². The first-order valence-corrected chi connectivity index (χ1v) is 8.25. The number of nitrogens with zero attached hydrogens (tertiary/aromatic N) is 1. The molecular weight excluding hydrogens is 304 g/mol. The van der Waals surface area contributed by atoms with Crippen LogP contribution in [0.2, 0.25) is 0 Å². The number of ether oxygens (including phenoxy) is 2. The van der Waals surface area contributed by atoms with Crippen LogP contribution in [0, 0.1) is 0 Å². The molecule has 0 bridgehead atoms. The van der Waals surface area contributed by atoms with Crippen LogP contribution in [-0.4, -0.2) is 38.8 Å². The Morgan fingerprint density at radius 2 is 1.96 bits per heavy atom. The minimum Gasteiger partial charge on any atom is -0.493 e. The molecule has 0 aliphatic rings. The maximum absolute atomic E-state index is 5.75. The van der Waals surface area contributed by atoms with Crippen LogP contribution in [0.3, 0.4) is 0 Å². The first kappa shape index (κ1) is 18.4. The largest absolute Gasteiger partial charge is 0.493 e. The summed E-state index contributed by atoms with van der Waals surface area (Å²) in [6.45, 7) is 5.56. The van der Waals surface area contributed by atoms with Crippen LogP contribution in [0.5, 0.6) is 11.5 Å². The summed E-state index contributed by atoms with van der Waals surface area (Å²) in [6.07, 6.45) is 1.83. The Morgan fingerprint density at radius 1 is 1.17 bits per heavy atom. The molecule has 24 heavy (non-hydrogen) atoms. The molecule has 1 heterocycles. The molecule has 0 fully saturated rings. The van der Waals surface area contributed by atoms with Gasteiger partial charge in [0.25, 0.3) is 0 Å². The molecule has 1 aromatic heterocycles. The van der Waals surface area contributed by atoms with Crippen LogP contribution in [0.25, 0.3) is 0 Å². The highest BCUT2D eigenvalue weighted by Crippen LogP contribution is 2.29. The van der Waals surface area contributed by atoms with Crippen molar-refractivity contribution in [1.29, 1.82) is 0 Å². The molecule has 1 aromatic carbocycles. The highest BCUT2D eigenvalue weighted by Gasteiger charge is 2.16. The zero-order valence-electron chi connectivity index (χ0n) is 15.2. The minimum atomic E-state index is 0.122. The Balaban J connectivity index is 1.96. The number of nitrogens with one attached hydrogen (secondary N) is 1. The lowest BCUT2D eigenvalue weighted by molar-refractivity contribution is 0.230. The molecule has 5 heteroatoms. The molecule has 0 saturated carbocycles. The van der Waals surface area contributed by atoms with Crippen LogP contribution in [-0.2, 0) is 6.54 Å². The van der Waals surface area contributed by atoms with Gasteiger partial charge in [-0.2, -0.15) is 0 Å². The molecule has 132 valence electrons. The molecule has 0 radical (unpaired) electrons. The van der Waals surface area contributed by atoms with E-state index in [4.69, 9.17) is 13.9 Å². The van der Waals surface area contributed by atoms with Gasteiger partial charge in [-0.3, -0.25) is 4.90 Å². The van der Waals surface area contributed by atoms with E-state index in [2.05, 4.69) is 30.4 Å². The van der Waals surface area contributed by atoms with Crippen LogP contribution in [0.4, 0.5) is 0 Å². The van der Waals surface area contributed by atoms with E-state index in [1.807, 2.05) is 38.1 Å². The molecule has 0 aliphatic heterocycles. The fourth-order valence-electron chi connectivity index (χ4n) is 2.55. The summed E-state index contributed by atoms with van der Waals surface area (Å²) in [5.74, 6) is 2.50. The number of likely N-dealkylation sites (N-methyl/N-ethyl adjacent to an activating group) is 1. The molecule has 0 amide bonds. The van der Waals surface area contributed by atoms with Gasteiger partial charge in [-0.1, -0.05) is 6.07 Å². The molecule has 2 aromatic rings. The number of hydrogen-bond acceptors (Lipinski definition) is 5. The Kier molecular flexibility index (Phi) is 6.70. The quantitative estimate of drug-likeness (QED) is 0.762. The highest BCUT2D eigenvalue weighted by molar-refractivity contribution is 5.43. The van der Waals surface area contributed by atoms with E-state index >= 15 is 0 Å². The molecule has 1 atom stereocenters. The first-order valence-electron chi connectivity index (χ1n) is 8.25. The van der Waals surface area contributed by atoms with Gasteiger partial charge in [-0.25, -0.2) is 0 Å². The van der Waals surface area contributed by atoms with Crippen LogP contribution >= 0.6 is 0 Å². The molecule has 2 rings (SSSR count). The minimum absolute atomic E-state index is 0.122. The van der Waals surface area contributed by atoms with Crippen molar-refractivity contribution in [1.82, 2.24) is 10.2 Å². The van der Waals surface area contributed by atoms with Gasteiger partial charge < -0.3 is 19.2 Å². The van der Waals surface area contributed by atoms with Crippen molar-refractivity contribution in [2.45, 2.75) is 32.5 Å². The first-order chi connectivity index (χ1) is 11.5. The zero-order chi connectivity index (χ0) is 17.5. The Hall–Kier alpha value is -1.98. The fraction of sp³-hybridized carbons (Fsp3) is 0.474. The van der Waals surface area contributed by atoms with Gasteiger partial charge in [0.15, 0.2) is 11.5 Å². The second-order valence-corrected chi connectivity index (χ2v) is 6.28. The predicted octanol–water partition coefficient (Wildman–Crippen LogP) is 3.47. The van der Waals surface area contributed by atoms with Crippen LogP contribution < -0.4 is 14.8 Å². The van der Waals surface area contributed by atoms with Crippen molar-refractivity contribution in [3.63, 3.8) is 0 Å². The summed E-state index contributed by atoms with van der Waals surface area (Å²) in [4.78, 5) is 2.14. The van der Waals surface area contributed by atoms with Crippen molar-refractivity contribution < 1.29 is 13.9 Å². The molecule has 0 spiro atoms. The van der Waals surface area contributed by atoms with E-state index in [1.54, 1.807) is 13.4 Å². The normalized spacial score (nSPS) is 12.6. The number of rotatable bonds is 9. The summed E-state index contributed by atoms with van der Waals surface area (Å²) in [5.41, 5.74) is 1.15. The summed E-state index contributed by atoms with van der Waals surface area (Å²) >= 11 is 0. The predicted molar refractivity (Wildman–Crippen MR) is 95.6 cm³/mol. The smallest absolute Gasteiger partial charge is 0.161 e. The van der Waals surface area contributed by atoms with E-state index in [9.17, 15) is 0 Å². The lowest BCUT2D eigenvalue weighted by Crippen LogP contribution is -2.30. The van der Waals surface area contributed by atoms with Gasteiger partial charge in [-0.15, -0.1) is 0 Å². The maximum Gasteiger partial charge on any atom is 0.161 e. The summed E-state index contributed by atoms with van der Waals surface area (Å²) in [7, 11) is 5.77. The number of methoxy groups -OCH3 is 1. The number of benzene rings is 1. The van der Waals surface area contributed by atoms with Gasteiger partial charge in [0.1, 0.15) is 5.76 Å². The van der Waals surface area contributed by atoms with Gasteiger partial charge in [0.2, 0.25) is 0 Å². The van der Waals surface area contributed by atoms with Gasteiger partial charge in [0, 0.05) is 13.1 Å². The lowest BCUT2D eigenvalue weighted by Gasteiger charge is -2.22. The van der Waals surface area contributed by atoms with Gasteiger partial charge >= 0.3 is 0 Å². The molecule has 1 unspecified atom stereocenters. The highest BCUT2D eigenvalue weighted by atomic mass is 16.5. The Morgan fingerprint density at radius 3 is 2.54 bits per heavy atom. The fourth-order valence-corrected chi connectivity index (χ4v) is 2.55. The standard InChI is InChI=1S/C19H28N2O3/c1-14(2)24-18-9-8-15(11-19(18)22-5)12-20-13-16(21(3)4)17-7-6-10-23-17/h6-11,14,16,20H,12-13H2,1-5H3. The zero-order valence-corrected chi connectivity index (χ0v) is 15.2. The van der Waals surface area contributed by atoms with Gasteiger partial charge in [0.05, 0.1) is 25.5 Å². The van der Waals surface area contributed by atoms with E-state index in [0.717, 1.165) is 35.9 Å². The maximum atomic E-state index is 5.75. The van der Waals surface area contributed by atoms with Crippen LogP contribution in [0.15, 0.2) is 41.0 Å². The summed E-state index contributed by atoms with van der Waals surface area (Å²) in [5, 5.41) is 3.48. The van der Waals surface area contributed by atoms with Crippen molar-refractivity contribution in [2.75, 3.05) is 27.7 Å².